The van der Waals surface area contributed by atoms with E-state index in [9.17, 15) is 9.59 Å². The largest absolute Gasteiger partial charge is 0.491 e. The highest BCUT2D eigenvalue weighted by Crippen LogP contribution is 2.29. The van der Waals surface area contributed by atoms with E-state index in [2.05, 4.69) is 11.9 Å². The van der Waals surface area contributed by atoms with Crippen LogP contribution in [0.4, 0.5) is 0 Å². The molecule has 2 heterocycles. The van der Waals surface area contributed by atoms with Crippen LogP contribution in [-0.2, 0) is 0 Å². The Morgan fingerprint density at radius 3 is 2.85 bits per heavy atom. The molecule has 3 aromatic rings. The van der Waals surface area contributed by atoms with E-state index >= 15 is 0 Å². The Morgan fingerprint density at radius 2 is 2.08 bits per heavy atom. The molecule has 1 N–H and O–H groups in total. The third-order valence-electron chi connectivity index (χ3n) is 3.99. The van der Waals surface area contributed by atoms with Crippen LogP contribution >= 0.6 is 0 Å². The van der Waals surface area contributed by atoms with E-state index in [0.29, 0.717) is 23.4 Å². The molecule has 0 atom stereocenters. The number of pyridine rings is 1. The van der Waals surface area contributed by atoms with E-state index in [-0.39, 0.29) is 22.3 Å². The molecule has 0 bridgehead atoms. The zero-order chi connectivity index (χ0) is 18.5. The summed E-state index contributed by atoms with van der Waals surface area (Å²) in [5, 5.41) is 9.45. The van der Waals surface area contributed by atoms with Crippen molar-refractivity contribution in [3.05, 3.63) is 58.4 Å². The highest BCUT2D eigenvalue weighted by Gasteiger charge is 2.14. The number of fused-ring (bicyclic) bond motifs is 1. The van der Waals surface area contributed by atoms with Crippen LogP contribution in [0.25, 0.3) is 22.4 Å². The van der Waals surface area contributed by atoms with Gasteiger partial charge in [-0.2, -0.15) is 0 Å². The number of ether oxygens (including phenoxy) is 1. The van der Waals surface area contributed by atoms with Gasteiger partial charge in [-0.05, 0) is 36.8 Å². The predicted octanol–water partition coefficient (Wildman–Crippen LogP) is 4.12. The number of unbranched alkanes of at least 4 members (excludes halogenated alkanes) is 2. The average Bonchev–Trinajstić information content (AvgIpc) is 2.65. The fraction of sp³-hybridized carbons (Fsp3) is 0.250. The highest BCUT2D eigenvalue weighted by molar-refractivity contribution is 5.92. The summed E-state index contributed by atoms with van der Waals surface area (Å²) in [5.74, 6) is -0.311. The van der Waals surface area contributed by atoms with Crippen LogP contribution < -0.4 is 10.2 Å². The van der Waals surface area contributed by atoms with E-state index in [1.54, 1.807) is 18.3 Å². The van der Waals surface area contributed by atoms with Crippen molar-refractivity contribution >= 4 is 16.9 Å². The van der Waals surface area contributed by atoms with E-state index in [1.165, 1.54) is 24.3 Å². The summed E-state index contributed by atoms with van der Waals surface area (Å²) >= 11 is 0. The van der Waals surface area contributed by atoms with Crippen molar-refractivity contribution in [1.82, 2.24) is 4.98 Å². The van der Waals surface area contributed by atoms with Gasteiger partial charge >= 0.3 is 5.97 Å². The maximum atomic E-state index is 12.4. The maximum Gasteiger partial charge on any atom is 0.335 e. The van der Waals surface area contributed by atoms with Gasteiger partial charge in [0.15, 0.2) is 11.2 Å². The molecule has 0 fully saturated rings. The van der Waals surface area contributed by atoms with Crippen LogP contribution in [0.5, 0.6) is 5.75 Å². The summed E-state index contributed by atoms with van der Waals surface area (Å²) in [4.78, 5) is 27.8. The molecule has 6 nitrogen and oxygen atoms in total. The van der Waals surface area contributed by atoms with Gasteiger partial charge in [0.2, 0.25) is 0 Å². The summed E-state index contributed by atoms with van der Waals surface area (Å²) in [5.41, 5.74) is 0.411. The van der Waals surface area contributed by atoms with Gasteiger partial charge in [-0.1, -0.05) is 19.8 Å². The molecule has 3 rings (SSSR count). The lowest BCUT2D eigenvalue weighted by molar-refractivity contribution is 0.0697. The number of hydrogen-bond acceptors (Lipinski definition) is 5. The number of aromatic carboxylic acids is 1. The van der Waals surface area contributed by atoms with Gasteiger partial charge in [0.05, 0.1) is 17.6 Å². The first kappa shape index (κ1) is 17.7. The van der Waals surface area contributed by atoms with Gasteiger partial charge in [-0.3, -0.25) is 4.79 Å². The Balaban J connectivity index is 2.02. The normalized spacial score (nSPS) is 10.8. The van der Waals surface area contributed by atoms with E-state index in [4.69, 9.17) is 14.3 Å². The summed E-state index contributed by atoms with van der Waals surface area (Å²) in [6.45, 7) is 2.66. The number of carboxylic acid groups (broad SMARTS) is 1. The predicted molar refractivity (Wildman–Crippen MR) is 97.7 cm³/mol. The summed E-state index contributed by atoms with van der Waals surface area (Å²) in [7, 11) is 0. The van der Waals surface area contributed by atoms with Crippen LogP contribution in [0.1, 0.15) is 36.5 Å². The molecular weight excluding hydrogens is 334 g/mol. The third kappa shape index (κ3) is 3.74. The number of aromatic nitrogens is 1. The molecule has 0 aliphatic heterocycles. The highest BCUT2D eigenvalue weighted by atomic mass is 16.5. The number of rotatable bonds is 7. The smallest absolute Gasteiger partial charge is 0.335 e. The van der Waals surface area contributed by atoms with Crippen LogP contribution in [0.15, 0.2) is 51.8 Å². The van der Waals surface area contributed by atoms with Gasteiger partial charge in [-0.25, -0.2) is 9.78 Å². The van der Waals surface area contributed by atoms with Gasteiger partial charge in [0, 0.05) is 12.3 Å². The lowest BCUT2D eigenvalue weighted by atomic mass is 10.1. The SMILES string of the molecule is CCCCCOc1cccnc1-c1cc(=O)c2ccc(C(=O)O)cc2o1. The Kier molecular flexibility index (Phi) is 5.31. The monoisotopic (exact) mass is 353 g/mol. The minimum absolute atomic E-state index is 0.0508. The first-order valence-corrected chi connectivity index (χ1v) is 8.49. The number of carboxylic acids is 1. The summed E-state index contributed by atoms with van der Waals surface area (Å²) in [6, 6.07) is 9.04. The molecular formula is C20H19NO5. The molecule has 0 amide bonds. The molecule has 26 heavy (non-hydrogen) atoms. The molecule has 6 heteroatoms. The van der Waals surface area contributed by atoms with Crippen LogP contribution in [0.2, 0.25) is 0 Å². The van der Waals surface area contributed by atoms with Crippen molar-refractivity contribution in [3.63, 3.8) is 0 Å². The van der Waals surface area contributed by atoms with Gasteiger partial charge < -0.3 is 14.3 Å². The van der Waals surface area contributed by atoms with Crippen LogP contribution in [0, 0.1) is 0 Å². The molecule has 134 valence electrons. The molecule has 2 aromatic heterocycles. The van der Waals surface area contributed by atoms with Crippen molar-refractivity contribution in [2.75, 3.05) is 6.61 Å². The third-order valence-corrected chi connectivity index (χ3v) is 3.99. The first-order chi connectivity index (χ1) is 12.6. The number of hydrogen-bond donors (Lipinski definition) is 1. The first-order valence-electron chi connectivity index (χ1n) is 8.49. The van der Waals surface area contributed by atoms with Crippen LogP contribution in [-0.4, -0.2) is 22.7 Å². The minimum atomic E-state index is -1.09. The zero-order valence-electron chi connectivity index (χ0n) is 14.4. The molecule has 0 spiro atoms. The fourth-order valence-electron chi connectivity index (χ4n) is 2.63. The van der Waals surface area contributed by atoms with E-state index < -0.39 is 5.97 Å². The maximum absolute atomic E-state index is 12.4. The zero-order valence-corrected chi connectivity index (χ0v) is 14.4. The Hall–Kier alpha value is -3.15. The summed E-state index contributed by atoms with van der Waals surface area (Å²) < 4.78 is 11.6. The Labute approximate surface area is 150 Å². The van der Waals surface area contributed by atoms with Crippen molar-refractivity contribution in [2.45, 2.75) is 26.2 Å². The second kappa shape index (κ2) is 7.82. The minimum Gasteiger partial charge on any atom is -0.491 e. The average molecular weight is 353 g/mol. The number of benzene rings is 1. The Morgan fingerprint density at radius 1 is 1.23 bits per heavy atom. The van der Waals surface area contributed by atoms with Crippen molar-refractivity contribution < 1.29 is 19.1 Å². The lowest BCUT2D eigenvalue weighted by Crippen LogP contribution is -2.04. The molecule has 1 aromatic carbocycles. The molecule has 0 radical (unpaired) electrons. The van der Waals surface area contributed by atoms with Crippen molar-refractivity contribution in [3.8, 4) is 17.2 Å². The molecule has 0 aliphatic carbocycles. The van der Waals surface area contributed by atoms with Crippen molar-refractivity contribution in [1.29, 1.82) is 0 Å². The number of carbonyl (C=O) groups is 1. The fourth-order valence-corrected chi connectivity index (χ4v) is 2.63. The van der Waals surface area contributed by atoms with Gasteiger partial charge in [0.1, 0.15) is 17.0 Å². The van der Waals surface area contributed by atoms with E-state index in [0.717, 1.165) is 19.3 Å². The molecule has 0 unspecified atom stereocenters. The van der Waals surface area contributed by atoms with Crippen molar-refractivity contribution in [2.24, 2.45) is 0 Å². The topological polar surface area (TPSA) is 89.6 Å². The second-order valence-electron chi connectivity index (χ2n) is 5.90. The summed E-state index contributed by atoms with van der Waals surface area (Å²) in [6.07, 6.45) is 4.67. The lowest BCUT2D eigenvalue weighted by Gasteiger charge is -2.10. The van der Waals surface area contributed by atoms with E-state index in [1.807, 2.05) is 0 Å². The molecule has 0 saturated heterocycles. The number of nitrogens with zero attached hydrogens (tertiary/aromatic N) is 1. The molecule has 0 saturated carbocycles. The van der Waals surface area contributed by atoms with Gasteiger partial charge in [-0.15, -0.1) is 0 Å². The molecule has 0 aliphatic rings. The quantitative estimate of drug-likeness (QED) is 0.643. The second-order valence-corrected chi connectivity index (χ2v) is 5.90. The Bertz CT molecular complexity index is 993. The standard InChI is InChI=1S/C20H19NO5/c1-2-3-4-10-25-16-6-5-9-21-19(16)18-12-15(22)14-8-7-13(20(23)24)11-17(14)26-18/h5-9,11-12H,2-4,10H2,1H3,(H,23,24). The van der Waals surface area contributed by atoms with Crippen LogP contribution in [0.3, 0.4) is 0 Å². The van der Waals surface area contributed by atoms with Gasteiger partial charge in [0.25, 0.3) is 0 Å².